The van der Waals surface area contributed by atoms with Gasteiger partial charge in [0.1, 0.15) is 0 Å². The minimum Gasteiger partial charge on any atom is -0.366 e. The lowest BCUT2D eigenvalue weighted by molar-refractivity contribution is 0.1000. The van der Waals surface area contributed by atoms with Gasteiger partial charge in [-0.25, -0.2) is 0 Å². The minimum absolute atomic E-state index is 0.431. The predicted octanol–water partition coefficient (Wildman–Crippen LogP) is 1.75. The number of carbonyl (C=O) groups is 1. The van der Waals surface area contributed by atoms with Crippen LogP contribution in [0.1, 0.15) is 35.2 Å². The molecule has 0 aliphatic carbocycles. The van der Waals surface area contributed by atoms with E-state index >= 15 is 0 Å². The topological polar surface area (TPSA) is 72.3 Å². The van der Waals surface area contributed by atoms with Crippen molar-refractivity contribution in [3.63, 3.8) is 0 Å². The number of hydrogen-bond donors (Lipinski definition) is 2. The lowest BCUT2D eigenvalue weighted by Gasteiger charge is -2.35. The molecular formula is C14H20ClN3O. The zero-order valence-electron chi connectivity index (χ0n) is 10.9. The third kappa shape index (κ3) is 3.47. The summed E-state index contributed by atoms with van der Waals surface area (Å²) in [6.07, 6.45) is 3.59. The fraction of sp³-hybridized carbons (Fsp3) is 0.500. The van der Waals surface area contributed by atoms with Gasteiger partial charge >= 0.3 is 0 Å². The maximum atomic E-state index is 11.1. The van der Waals surface area contributed by atoms with Gasteiger partial charge in [-0.15, -0.1) is 0 Å². The summed E-state index contributed by atoms with van der Waals surface area (Å²) >= 11 is 6.22. The number of likely N-dealkylation sites (tertiary alicyclic amines) is 1. The zero-order chi connectivity index (χ0) is 13.8. The molecule has 1 aliphatic rings. The Morgan fingerprint density at radius 3 is 2.84 bits per heavy atom. The number of piperidine rings is 1. The van der Waals surface area contributed by atoms with Gasteiger partial charge in [0.05, 0.1) is 0 Å². The summed E-state index contributed by atoms with van der Waals surface area (Å²) in [5, 5.41) is 0.595. The van der Waals surface area contributed by atoms with Gasteiger partial charge in [0, 0.05) is 29.7 Å². The second-order valence-electron chi connectivity index (χ2n) is 5.03. The number of halogens is 1. The van der Waals surface area contributed by atoms with Gasteiger partial charge in [0.15, 0.2) is 0 Å². The van der Waals surface area contributed by atoms with Crippen LogP contribution < -0.4 is 11.5 Å². The van der Waals surface area contributed by atoms with Crippen molar-refractivity contribution >= 4 is 17.5 Å². The molecule has 4 nitrogen and oxygen atoms in total. The van der Waals surface area contributed by atoms with Crippen molar-refractivity contribution in [3.05, 3.63) is 34.3 Å². The third-order valence-electron chi connectivity index (χ3n) is 3.73. The third-order valence-corrected chi connectivity index (χ3v) is 4.08. The first-order chi connectivity index (χ1) is 9.11. The summed E-state index contributed by atoms with van der Waals surface area (Å²) in [5.74, 6) is -0.453. The molecule has 0 spiro atoms. The summed E-state index contributed by atoms with van der Waals surface area (Å²) in [6, 6.07) is 5.68. The van der Waals surface area contributed by atoms with Crippen LogP contribution in [0.5, 0.6) is 0 Å². The minimum atomic E-state index is -0.453. The van der Waals surface area contributed by atoms with E-state index in [2.05, 4.69) is 4.90 Å². The number of carbonyl (C=O) groups excluding carboxylic acids is 1. The Labute approximate surface area is 118 Å². The zero-order valence-corrected chi connectivity index (χ0v) is 11.7. The van der Waals surface area contributed by atoms with E-state index in [1.54, 1.807) is 12.1 Å². The van der Waals surface area contributed by atoms with Gasteiger partial charge in [-0.05, 0) is 37.1 Å². The molecule has 104 valence electrons. The molecule has 4 N–H and O–H groups in total. The van der Waals surface area contributed by atoms with E-state index in [1.165, 1.54) is 12.8 Å². The molecule has 5 heteroatoms. The Morgan fingerprint density at radius 1 is 1.42 bits per heavy atom. The highest BCUT2D eigenvalue weighted by Gasteiger charge is 2.21. The predicted molar refractivity (Wildman–Crippen MR) is 77.1 cm³/mol. The van der Waals surface area contributed by atoms with Gasteiger partial charge in [0.2, 0.25) is 5.91 Å². The first-order valence-electron chi connectivity index (χ1n) is 6.64. The number of benzene rings is 1. The van der Waals surface area contributed by atoms with Crippen LogP contribution in [0, 0.1) is 0 Å². The molecule has 19 heavy (non-hydrogen) atoms. The summed E-state index contributed by atoms with van der Waals surface area (Å²) in [4.78, 5) is 13.5. The highest BCUT2D eigenvalue weighted by molar-refractivity contribution is 6.31. The number of nitrogens with zero attached hydrogens (tertiary/aromatic N) is 1. The first-order valence-corrected chi connectivity index (χ1v) is 7.02. The molecule has 1 aromatic rings. The normalized spacial score (nSPS) is 20.4. The largest absolute Gasteiger partial charge is 0.366 e. The number of hydrogen-bond acceptors (Lipinski definition) is 3. The SMILES string of the molecule is NCC1CCCCN1Cc1ccc(C(N)=O)cc1Cl. The lowest BCUT2D eigenvalue weighted by atomic mass is 10.0. The van der Waals surface area contributed by atoms with Crippen molar-refractivity contribution in [1.82, 2.24) is 4.90 Å². The molecule has 1 aromatic carbocycles. The van der Waals surface area contributed by atoms with Crippen LogP contribution in [0.25, 0.3) is 0 Å². The van der Waals surface area contributed by atoms with Gasteiger partial charge in [-0.1, -0.05) is 24.1 Å². The molecule has 1 fully saturated rings. The first kappa shape index (κ1) is 14.3. The van der Waals surface area contributed by atoms with Crippen LogP contribution in [-0.4, -0.2) is 29.9 Å². The Kier molecular flexibility index (Phi) is 4.80. The molecule has 0 radical (unpaired) electrons. The van der Waals surface area contributed by atoms with Crippen LogP contribution in [0.15, 0.2) is 18.2 Å². The monoisotopic (exact) mass is 281 g/mol. The average Bonchev–Trinajstić information content (AvgIpc) is 2.41. The standard InChI is InChI=1S/C14H20ClN3O/c15-13-7-10(14(17)19)4-5-11(13)9-18-6-2-1-3-12(18)8-16/h4-5,7,12H,1-3,6,8-9,16H2,(H2,17,19). The highest BCUT2D eigenvalue weighted by Crippen LogP contribution is 2.23. The number of primary amides is 1. The summed E-state index contributed by atoms with van der Waals surface area (Å²) in [5.41, 5.74) is 12.5. The fourth-order valence-corrected chi connectivity index (χ4v) is 2.82. The molecule has 1 saturated heterocycles. The number of nitrogens with two attached hydrogens (primary N) is 2. The highest BCUT2D eigenvalue weighted by atomic mass is 35.5. The van der Waals surface area contributed by atoms with E-state index < -0.39 is 5.91 Å². The van der Waals surface area contributed by atoms with E-state index in [4.69, 9.17) is 23.1 Å². The molecule has 1 heterocycles. The van der Waals surface area contributed by atoms with Crippen molar-refractivity contribution in [2.75, 3.05) is 13.1 Å². The van der Waals surface area contributed by atoms with Crippen LogP contribution in [-0.2, 0) is 6.54 Å². The summed E-state index contributed by atoms with van der Waals surface area (Å²) in [6.45, 7) is 2.51. The molecule has 1 unspecified atom stereocenters. The van der Waals surface area contributed by atoms with Crippen LogP contribution in [0.3, 0.4) is 0 Å². The maximum absolute atomic E-state index is 11.1. The van der Waals surface area contributed by atoms with Crippen LogP contribution >= 0.6 is 11.6 Å². The molecule has 0 aromatic heterocycles. The molecular weight excluding hydrogens is 262 g/mol. The van der Waals surface area contributed by atoms with E-state index in [-0.39, 0.29) is 0 Å². The van der Waals surface area contributed by atoms with Gasteiger partial charge in [-0.2, -0.15) is 0 Å². The molecule has 0 bridgehead atoms. The number of amides is 1. The van der Waals surface area contributed by atoms with Gasteiger partial charge in [-0.3, -0.25) is 9.69 Å². The smallest absolute Gasteiger partial charge is 0.248 e. The quantitative estimate of drug-likeness (QED) is 0.883. The molecule has 2 rings (SSSR count). The molecule has 1 aliphatic heterocycles. The van der Waals surface area contributed by atoms with Crippen molar-refractivity contribution in [2.45, 2.75) is 31.8 Å². The van der Waals surface area contributed by atoms with E-state index in [0.29, 0.717) is 23.2 Å². The van der Waals surface area contributed by atoms with Crippen LogP contribution in [0.4, 0.5) is 0 Å². The van der Waals surface area contributed by atoms with E-state index in [0.717, 1.165) is 25.1 Å². The molecule has 0 saturated carbocycles. The fourth-order valence-electron chi connectivity index (χ4n) is 2.58. The Morgan fingerprint density at radius 2 is 2.21 bits per heavy atom. The molecule has 1 amide bonds. The summed E-state index contributed by atoms with van der Waals surface area (Å²) < 4.78 is 0. The van der Waals surface area contributed by atoms with E-state index in [1.807, 2.05) is 6.07 Å². The maximum Gasteiger partial charge on any atom is 0.248 e. The van der Waals surface area contributed by atoms with Crippen molar-refractivity contribution in [3.8, 4) is 0 Å². The summed E-state index contributed by atoms with van der Waals surface area (Å²) in [7, 11) is 0. The average molecular weight is 282 g/mol. The van der Waals surface area contributed by atoms with Gasteiger partial charge in [0.25, 0.3) is 0 Å². The Hall–Kier alpha value is -1.10. The van der Waals surface area contributed by atoms with Crippen LogP contribution in [0.2, 0.25) is 5.02 Å². The van der Waals surface area contributed by atoms with Gasteiger partial charge < -0.3 is 11.5 Å². The second-order valence-corrected chi connectivity index (χ2v) is 5.43. The molecule has 1 atom stereocenters. The van der Waals surface area contributed by atoms with Crippen molar-refractivity contribution in [1.29, 1.82) is 0 Å². The van der Waals surface area contributed by atoms with Crippen molar-refractivity contribution in [2.24, 2.45) is 11.5 Å². The van der Waals surface area contributed by atoms with Crippen molar-refractivity contribution < 1.29 is 4.79 Å². The van der Waals surface area contributed by atoms with E-state index in [9.17, 15) is 4.79 Å². The Balaban J connectivity index is 2.11. The Bertz CT molecular complexity index is 464. The number of rotatable bonds is 4. The lowest BCUT2D eigenvalue weighted by Crippen LogP contribution is -2.43. The second kappa shape index (κ2) is 6.37.